The van der Waals surface area contributed by atoms with E-state index in [1.54, 1.807) is 0 Å². The van der Waals surface area contributed by atoms with E-state index in [1.165, 1.54) is 30.2 Å². The Morgan fingerprint density at radius 3 is 3.00 bits per heavy atom. The van der Waals surface area contributed by atoms with Crippen LogP contribution in [-0.2, 0) is 6.42 Å². The maximum Gasteiger partial charge on any atom is 0.0679 e. The summed E-state index contributed by atoms with van der Waals surface area (Å²) in [6.45, 7) is 1.15. The fourth-order valence-corrected chi connectivity index (χ4v) is 2.96. The minimum absolute atomic E-state index is 0.591. The minimum atomic E-state index is 0.591. The zero-order chi connectivity index (χ0) is 11.7. The van der Waals surface area contributed by atoms with E-state index in [-0.39, 0.29) is 0 Å². The van der Waals surface area contributed by atoms with Gasteiger partial charge in [-0.05, 0) is 37.4 Å². The molecule has 3 heteroatoms. The number of piperidine rings is 1. The molecule has 0 aliphatic carbocycles. The molecule has 2 heterocycles. The van der Waals surface area contributed by atoms with Crippen molar-refractivity contribution in [3.05, 3.63) is 35.0 Å². The number of fused-ring (bicyclic) bond motifs is 1. The van der Waals surface area contributed by atoms with Gasteiger partial charge in [-0.2, -0.15) is 0 Å². The Morgan fingerprint density at radius 2 is 2.18 bits per heavy atom. The van der Waals surface area contributed by atoms with Crippen LogP contribution in [0.3, 0.4) is 0 Å². The number of hydrogen-bond donors (Lipinski definition) is 2. The van der Waals surface area contributed by atoms with Gasteiger partial charge in [0.2, 0.25) is 0 Å². The summed E-state index contributed by atoms with van der Waals surface area (Å²) in [7, 11) is 0. The van der Waals surface area contributed by atoms with E-state index in [4.69, 9.17) is 11.6 Å². The highest BCUT2D eigenvalue weighted by atomic mass is 35.5. The van der Waals surface area contributed by atoms with Crippen LogP contribution in [0.25, 0.3) is 10.9 Å². The molecule has 0 spiro atoms. The maximum absolute atomic E-state index is 6.44. The first-order valence-corrected chi connectivity index (χ1v) is 6.70. The summed E-state index contributed by atoms with van der Waals surface area (Å²) >= 11 is 6.44. The molecule has 0 amide bonds. The monoisotopic (exact) mass is 248 g/mol. The average Bonchev–Trinajstić information content (AvgIpc) is 2.83. The Labute approximate surface area is 106 Å². The number of aromatic amines is 1. The van der Waals surface area contributed by atoms with Crippen LogP contribution in [0.1, 0.15) is 24.8 Å². The van der Waals surface area contributed by atoms with Crippen molar-refractivity contribution in [1.29, 1.82) is 0 Å². The first-order chi connectivity index (χ1) is 8.34. The Morgan fingerprint density at radius 1 is 1.24 bits per heavy atom. The molecule has 0 radical (unpaired) electrons. The van der Waals surface area contributed by atoms with Crippen LogP contribution in [0.4, 0.5) is 0 Å². The molecule has 1 aliphatic heterocycles. The summed E-state index contributed by atoms with van der Waals surface area (Å²) in [5.74, 6) is 0. The first kappa shape index (κ1) is 11.1. The maximum atomic E-state index is 6.44. The number of hydrogen-bond acceptors (Lipinski definition) is 1. The molecule has 1 aliphatic rings. The van der Waals surface area contributed by atoms with E-state index in [0.717, 1.165) is 23.5 Å². The summed E-state index contributed by atoms with van der Waals surface area (Å²) in [6, 6.07) is 6.96. The molecular formula is C14H17ClN2. The van der Waals surface area contributed by atoms with Gasteiger partial charge >= 0.3 is 0 Å². The molecule has 1 unspecified atom stereocenters. The molecule has 1 aromatic heterocycles. The lowest BCUT2D eigenvalue weighted by Gasteiger charge is -2.23. The molecule has 0 saturated carbocycles. The molecule has 1 fully saturated rings. The van der Waals surface area contributed by atoms with Crippen LogP contribution in [0.15, 0.2) is 24.4 Å². The quantitative estimate of drug-likeness (QED) is 0.837. The van der Waals surface area contributed by atoms with E-state index in [9.17, 15) is 0 Å². The number of nitrogens with one attached hydrogen (secondary N) is 2. The van der Waals surface area contributed by atoms with Crippen LogP contribution in [0, 0.1) is 0 Å². The van der Waals surface area contributed by atoms with Gasteiger partial charge in [0.1, 0.15) is 0 Å². The van der Waals surface area contributed by atoms with E-state index in [0.29, 0.717) is 6.04 Å². The summed E-state index contributed by atoms with van der Waals surface area (Å²) in [4.78, 5) is 3.21. The number of H-pyrrole nitrogens is 1. The summed E-state index contributed by atoms with van der Waals surface area (Å²) in [5.41, 5.74) is 2.32. The van der Waals surface area contributed by atoms with Gasteiger partial charge in [0, 0.05) is 17.6 Å². The third-order valence-electron chi connectivity index (χ3n) is 3.62. The first-order valence-electron chi connectivity index (χ1n) is 6.32. The van der Waals surface area contributed by atoms with E-state index < -0.39 is 0 Å². The molecule has 1 saturated heterocycles. The summed E-state index contributed by atoms with van der Waals surface area (Å²) in [5, 5.41) is 5.65. The van der Waals surface area contributed by atoms with Crippen molar-refractivity contribution in [3.8, 4) is 0 Å². The Kier molecular flexibility index (Phi) is 3.08. The second kappa shape index (κ2) is 4.71. The minimum Gasteiger partial charge on any atom is -0.360 e. The van der Waals surface area contributed by atoms with Gasteiger partial charge in [-0.25, -0.2) is 0 Å². The van der Waals surface area contributed by atoms with Gasteiger partial charge in [0.25, 0.3) is 0 Å². The van der Waals surface area contributed by atoms with Gasteiger partial charge in [-0.1, -0.05) is 30.2 Å². The Balaban J connectivity index is 1.86. The van der Waals surface area contributed by atoms with Gasteiger partial charge in [-0.15, -0.1) is 0 Å². The van der Waals surface area contributed by atoms with E-state index in [2.05, 4.69) is 28.5 Å². The SMILES string of the molecule is Clc1c(CC2CCCCN2)ccc2cc[nH]c12. The third kappa shape index (κ3) is 2.20. The second-order valence-corrected chi connectivity index (χ2v) is 5.21. The lowest BCUT2D eigenvalue weighted by atomic mass is 9.97. The van der Waals surface area contributed by atoms with Gasteiger partial charge in [0.05, 0.1) is 10.5 Å². The van der Waals surface area contributed by atoms with Gasteiger partial charge in [-0.3, -0.25) is 0 Å². The lowest BCUT2D eigenvalue weighted by molar-refractivity contribution is 0.399. The largest absolute Gasteiger partial charge is 0.360 e. The zero-order valence-electron chi connectivity index (χ0n) is 9.80. The van der Waals surface area contributed by atoms with Crippen molar-refractivity contribution in [2.24, 2.45) is 0 Å². The molecule has 1 aromatic carbocycles. The number of rotatable bonds is 2. The Bertz CT molecular complexity index is 512. The van der Waals surface area contributed by atoms with Crippen LogP contribution in [0.5, 0.6) is 0 Å². The van der Waals surface area contributed by atoms with Crippen molar-refractivity contribution >= 4 is 22.5 Å². The number of benzene rings is 1. The fourth-order valence-electron chi connectivity index (χ4n) is 2.66. The highest BCUT2D eigenvalue weighted by molar-refractivity contribution is 6.35. The molecule has 2 nitrogen and oxygen atoms in total. The normalized spacial score (nSPS) is 20.9. The molecular weight excluding hydrogens is 232 g/mol. The van der Waals surface area contributed by atoms with Crippen molar-refractivity contribution in [1.82, 2.24) is 10.3 Å². The van der Waals surface area contributed by atoms with Crippen molar-refractivity contribution < 1.29 is 0 Å². The molecule has 90 valence electrons. The predicted octanol–water partition coefficient (Wildman–Crippen LogP) is 3.51. The highest BCUT2D eigenvalue weighted by Gasteiger charge is 2.15. The zero-order valence-corrected chi connectivity index (χ0v) is 10.6. The van der Waals surface area contributed by atoms with E-state index >= 15 is 0 Å². The second-order valence-electron chi connectivity index (χ2n) is 4.83. The summed E-state index contributed by atoms with van der Waals surface area (Å²) < 4.78 is 0. The van der Waals surface area contributed by atoms with Crippen LogP contribution in [0.2, 0.25) is 5.02 Å². The van der Waals surface area contributed by atoms with Crippen LogP contribution in [-0.4, -0.2) is 17.6 Å². The molecule has 2 aromatic rings. The molecule has 0 bridgehead atoms. The third-order valence-corrected chi connectivity index (χ3v) is 4.06. The number of aromatic nitrogens is 1. The highest BCUT2D eigenvalue weighted by Crippen LogP contribution is 2.27. The van der Waals surface area contributed by atoms with Crippen molar-refractivity contribution in [2.75, 3.05) is 6.54 Å². The smallest absolute Gasteiger partial charge is 0.0679 e. The van der Waals surface area contributed by atoms with E-state index in [1.807, 2.05) is 6.20 Å². The lowest BCUT2D eigenvalue weighted by Crippen LogP contribution is -2.35. The standard InChI is InChI=1S/C14H17ClN2/c15-13-11(9-12-3-1-2-7-16-12)5-4-10-6-8-17-14(10)13/h4-6,8,12,16-17H,1-3,7,9H2. The van der Waals surface area contributed by atoms with Gasteiger partial charge < -0.3 is 10.3 Å². The predicted molar refractivity (Wildman–Crippen MR) is 72.7 cm³/mol. The molecule has 17 heavy (non-hydrogen) atoms. The van der Waals surface area contributed by atoms with Crippen molar-refractivity contribution in [2.45, 2.75) is 31.7 Å². The molecule has 3 rings (SSSR count). The Hall–Kier alpha value is -0.990. The fraction of sp³-hybridized carbons (Fsp3) is 0.429. The average molecular weight is 249 g/mol. The molecule has 2 N–H and O–H groups in total. The summed E-state index contributed by atoms with van der Waals surface area (Å²) in [6.07, 6.45) is 6.88. The molecule has 1 atom stereocenters. The topological polar surface area (TPSA) is 27.8 Å². The van der Waals surface area contributed by atoms with Gasteiger partial charge in [0.15, 0.2) is 0 Å². The van der Waals surface area contributed by atoms with Crippen LogP contribution >= 0.6 is 11.6 Å². The number of halogens is 1. The van der Waals surface area contributed by atoms with Crippen LogP contribution < -0.4 is 5.32 Å². The van der Waals surface area contributed by atoms with Crippen molar-refractivity contribution in [3.63, 3.8) is 0 Å².